The third kappa shape index (κ3) is 4.46. The van der Waals surface area contributed by atoms with Gasteiger partial charge < -0.3 is 4.90 Å². The van der Waals surface area contributed by atoms with E-state index in [-0.39, 0.29) is 0 Å². The van der Waals surface area contributed by atoms with Crippen LogP contribution >= 0.6 is 11.3 Å². The summed E-state index contributed by atoms with van der Waals surface area (Å²) in [6, 6.07) is 66.3. The van der Waals surface area contributed by atoms with E-state index in [0.29, 0.717) is 0 Å². The predicted octanol–water partition coefficient (Wildman–Crippen LogP) is 14.7. The van der Waals surface area contributed by atoms with Crippen LogP contribution in [0.5, 0.6) is 0 Å². The lowest BCUT2D eigenvalue weighted by Crippen LogP contribution is -2.26. The molecule has 1 spiro atoms. The van der Waals surface area contributed by atoms with Crippen LogP contribution in [0.3, 0.4) is 0 Å². The fraction of sp³-hybridized carbons (Fsp3) is 0.0943. The summed E-state index contributed by atoms with van der Waals surface area (Å²) in [6.45, 7) is 4.55. The highest BCUT2D eigenvalue weighted by atomic mass is 32.1. The first-order chi connectivity index (χ1) is 27.2. The van der Waals surface area contributed by atoms with Crippen molar-refractivity contribution in [3.63, 3.8) is 0 Å². The van der Waals surface area contributed by atoms with E-state index in [2.05, 4.69) is 195 Å². The van der Waals surface area contributed by atoms with Crippen LogP contribution in [-0.2, 0) is 18.3 Å². The molecule has 8 aromatic carbocycles. The lowest BCUT2D eigenvalue weighted by Gasteiger charge is -2.32. The van der Waals surface area contributed by atoms with Gasteiger partial charge in [0, 0.05) is 26.7 Å². The molecule has 0 radical (unpaired) electrons. The Kier molecular flexibility index (Phi) is 7.27. The Morgan fingerprint density at radius 1 is 0.436 bits per heavy atom. The zero-order valence-corrected chi connectivity index (χ0v) is 31.8. The van der Waals surface area contributed by atoms with Crippen molar-refractivity contribution in [2.75, 3.05) is 4.90 Å². The molecule has 55 heavy (non-hydrogen) atoms. The van der Waals surface area contributed by atoms with Gasteiger partial charge >= 0.3 is 0 Å². The number of fused-ring (bicyclic) bond motifs is 13. The topological polar surface area (TPSA) is 3.24 Å². The van der Waals surface area contributed by atoms with Gasteiger partial charge in [0.2, 0.25) is 0 Å². The first kappa shape index (κ1) is 32.2. The van der Waals surface area contributed by atoms with Crippen molar-refractivity contribution in [1.82, 2.24) is 0 Å². The van der Waals surface area contributed by atoms with Gasteiger partial charge in [0.25, 0.3) is 0 Å². The van der Waals surface area contributed by atoms with Gasteiger partial charge in [0.05, 0.1) is 21.5 Å². The SMILES string of the molecule is CCc1ccccc1-c1ccc(N(c2cccc3c2-c2ccccc2C32c3ccccc3-c3ccccc32)c2cccc3c2sc2ccccc23)cc1CC. The molecule has 0 atom stereocenters. The number of benzene rings is 8. The summed E-state index contributed by atoms with van der Waals surface area (Å²) in [5.74, 6) is 0. The summed E-state index contributed by atoms with van der Waals surface area (Å²) < 4.78 is 2.62. The van der Waals surface area contributed by atoms with E-state index < -0.39 is 5.41 Å². The van der Waals surface area contributed by atoms with E-state index in [1.807, 2.05) is 11.3 Å². The van der Waals surface area contributed by atoms with Crippen molar-refractivity contribution in [3.05, 3.63) is 209 Å². The first-order valence-corrected chi connectivity index (χ1v) is 20.4. The molecule has 0 bridgehead atoms. The third-order valence-electron chi connectivity index (χ3n) is 12.3. The Morgan fingerprint density at radius 3 is 1.73 bits per heavy atom. The molecular weight excluding hydrogens is 683 g/mol. The number of aryl methyl sites for hydroxylation is 2. The molecule has 11 rings (SSSR count). The Bertz CT molecular complexity index is 2940. The fourth-order valence-electron chi connectivity index (χ4n) is 9.99. The molecule has 1 aromatic heterocycles. The van der Waals surface area contributed by atoms with Crippen LogP contribution in [0, 0.1) is 0 Å². The molecule has 9 aromatic rings. The number of rotatable bonds is 6. The standard InChI is InChI=1S/C53H39NS/c1-3-34-17-5-6-18-37(34)38-32-31-36(33-35(38)4-2)54(49-29-15-23-42-41-21-10-14-30-50(41)55-52(42)49)48-28-16-27-47-51(48)43-22-9-13-26-46(43)53(47)44-24-11-7-19-39(44)40-20-8-12-25-45(40)53/h5-33H,3-4H2,1-2H3. The highest BCUT2D eigenvalue weighted by molar-refractivity contribution is 7.26. The maximum Gasteiger partial charge on any atom is 0.0726 e. The van der Waals surface area contributed by atoms with Crippen molar-refractivity contribution in [3.8, 4) is 33.4 Å². The summed E-state index contributed by atoms with van der Waals surface area (Å²) in [6.07, 6.45) is 1.94. The summed E-state index contributed by atoms with van der Waals surface area (Å²) in [4.78, 5) is 2.58. The molecule has 1 nitrogen and oxygen atoms in total. The lowest BCUT2D eigenvalue weighted by molar-refractivity contribution is 0.794. The normalized spacial score (nSPS) is 13.2. The van der Waals surface area contributed by atoms with Crippen LogP contribution in [0.4, 0.5) is 17.1 Å². The molecule has 0 saturated heterocycles. The number of thiophene rings is 1. The molecule has 2 heteroatoms. The maximum atomic E-state index is 2.58. The zero-order valence-electron chi connectivity index (χ0n) is 31.0. The summed E-state index contributed by atoms with van der Waals surface area (Å²) >= 11 is 1.90. The molecule has 262 valence electrons. The largest absolute Gasteiger partial charge is 0.308 e. The lowest BCUT2D eigenvalue weighted by atomic mass is 9.70. The van der Waals surface area contributed by atoms with Gasteiger partial charge in [-0.15, -0.1) is 11.3 Å². The molecule has 0 fully saturated rings. The maximum absolute atomic E-state index is 2.58. The van der Waals surface area contributed by atoms with Crippen molar-refractivity contribution in [2.45, 2.75) is 32.1 Å². The second-order valence-electron chi connectivity index (χ2n) is 14.9. The summed E-state index contributed by atoms with van der Waals surface area (Å²) in [5.41, 5.74) is 19.3. The van der Waals surface area contributed by atoms with Gasteiger partial charge in [-0.3, -0.25) is 0 Å². The Balaban J connectivity index is 1.23. The Morgan fingerprint density at radius 2 is 0.982 bits per heavy atom. The minimum atomic E-state index is -0.410. The molecule has 0 unspecified atom stereocenters. The molecule has 0 aliphatic heterocycles. The smallest absolute Gasteiger partial charge is 0.0726 e. The predicted molar refractivity (Wildman–Crippen MR) is 235 cm³/mol. The first-order valence-electron chi connectivity index (χ1n) is 19.6. The summed E-state index contributed by atoms with van der Waals surface area (Å²) in [7, 11) is 0. The van der Waals surface area contributed by atoms with Crippen molar-refractivity contribution >= 4 is 48.6 Å². The van der Waals surface area contributed by atoms with E-state index in [4.69, 9.17) is 0 Å². The monoisotopic (exact) mass is 721 g/mol. The van der Waals surface area contributed by atoms with Crippen LogP contribution in [0.25, 0.3) is 53.6 Å². The molecule has 0 amide bonds. The number of nitrogens with zero attached hydrogens (tertiary/aromatic N) is 1. The highest BCUT2D eigenvalue weighted by Gasteiger charge is 2.52. The molecule has 0 saturated carbocycles. The molecular formula is C53H39NS. The Labute approximate surface area is 326 Å². The average molecular weight is 722 g/mol. The molecule has 2 aliphatic carbocycles. The molecule has 0 N–H and O–H groups in total. The zero-order chi connectivity index (χ0) is 36.7. The number of anilines is 3. The second-order valence-corrected chi connectivity index (χ2v) is 15.9. The second kappa shape index (κ2) is 12.4. The van der Waals surface area contributed by atoms with Gasteiger partial charge in [-0.25, -0.2) is 0 Å². The van der Waals surface area contributed by atoms with E-state index in [1.165, 1.54) is 104 Å². The molecule has 1 heterocycles. The van der Waals surface area contributed by atoms with Crippen LogP contribution in [0.2, 0.25) is 0 Å². The minimum Gasteiger partial charge on any atom is -0.308 e. The number of hydrogen-bond donors (Lipinski definition) is 0. The third-order valence-corrected chi connectivity index (χ3v) is 13.5. The Hall–Kier alpha value is -6.22. The van der Waals surface area contributed by atoms with E-state index in [1.54, 1.807) is 0 Å². The summed E-state index contributed by atoms with van der Waals surface area (Å²) in [5, 5.41) is 2.61. The van der Waals surface area contributed by atoms with Crippen LogP contribution in [0.15, 0.2) is 176 Å². The van der Waals surface area contributed by atoms with Gasteiger partial charge in [-0.1, -0.05) is 159 Å². The van der Waals surface area contributed by atoms with Gasteiger partial charge in [-0.2, -0.15) is 0 Å². The number of hydrogen-bond acceptors (Lipinski definition) is 2. The van der Waals surface area contributed by atoms with Crippen LogP contribution < -0.4 is 4.90 Å². The van der Waals surface area contributed by atoms with Crippen LogP contribution in [0.1, 0.15) is 47.2 Å². The fourth-order valence-corrected chi connectivity index (χ4v) is 11.2. The average Bonchev–Trinajstić information content (AvgIpc) is 3.89. The quantitative estimate of drug-likeness (QED) is 0.165. The van der Waals surface area contributed by atoms with Crippen molar-refractivity contribution < 1.29 is 0 Å². The van der Waals surface area contributed by atoms with E-state index >= 15 is 0 Å². The highest BCUT2D eigenvalue weighted by Crippen LogP contribution is 2.65. The van der Waals surface area contributed by atoms with Crippen LogP contribution in [-0.4, -0.2) is 0 Å². The van der Waals surface area contributed by atoms with Gasteiger partial charge in [-0.05, 0) is 104 Å². The van der Waals surface area contributed by atoms with Crippen molar-refractivity contribution in [2.24, 2.45) is 0 Å². The van der Waals surface area contributed by atoms with E-state index in [9.17, 15) is 0 Å². The molecule has 2 aliphatic rings. The minimum absolute atomic E-state index is 0.410. The van der Waals surface area contributed by atoms with E-state index in [0.717, 1.165) is 12.8 Å². The van der Waals surface area contributed by atoms with Crippen molar-refractivity contribution in [1.29, 1.82) is 0 Å². The van der Waals surface area contributed by atoms with Gasteiger partial charge in [0.1, 0.15) is 0 Å². The van der Waals surface area contributed by atoms with Gasteiger partial charge in [0.15, 0.2) is 0 Å².